The fourth-order valence-electron chi connectivity index (χ4n) is 1.80. The van der Waals surface area contributed by atoms with E-state index in [1.807, 2.05) is 0 Å². The van der Waals surface area contributed by atoms with Gasteiger partial charge in [0.25, 0.3) is 0 Å². The lowest BCUT2D eigenvalue weighted by atomic mass is 10.1. The van der Waals surface area contributed by atoms with Crippen molar-refractivity contribution in [2.45, 2.75) is 18.9 Å². The number of aromatic nitrogens is 2. The first-order chi connectivity index (χ1) is 8.05. The first kappa shape index (κ1) is 12.3. The summed E-state index contributed by atoms with van der Waals surface area (Å²) in [6, 6.07) is 3.50. The van der Waals surface area contributed by atoms with E-state index in [0.29, 0.717) is 31.8 Å². The molecule has 17 heavy (non-hydrogen) atoms. The summed E-state index contributed by atoms with van der Waals surface area (Å²) >= 11 is 0. The van der Waals surface area contributed by atoms with Crippen LogP contribution in [0.3, 0.4) is 0 Å². The van der Waals surface area contributed by atoms with Gasteiger partial charge in [-0.05, 0) is 18.9 Å². The smallest absolute Gasteiger partial charge is 0.233 e. The Bertz CT molecular complexity index is 455. The van der Waals surface area contributed by atoms with Gasteiger partial charge < -0.3 is 4.74 Å². The second-order valence-electron chi connectivity index (χ2n) is 4.04. The third kappa shape index (κ3) is 3.37. The van der Waals surface area contributed by atoms with Crippen LogP contribution in [0.2, 0.25) is 0 Å². The van der Waals surface area contributed by atoms with Gasteiger partial charge in [0.2, 0.25) is 15.9 Å². The van der Waals surface area contributed by atoms with Crippen molar-refractivity contribution in [1.82, 2.24) is 14.5 Å². The Balaban J connectivity index is 1.88. The lowest BCUT2D eigenvalue weighted by Gasteiger charge is -2.29. The van der Waals surface area contributed by atoms with Gasteiger partial charge in [-0.15, -0.1) is 5.10 Å². The monoisotopic (exact) mass is 257 g/mol. The average molecular weight is 257 g/mol. The predicted molar refractivity (Wildman–Crippen MR) is 62.1 cm³/mol. The van der Waals surface area contributed by atoms with Crippen LogP contribution in [0.4, 0.5) is 0 Å². The molecule has 1 aliphatic rings. The third-order valence-corrected chi connectivity index (χ3v) is 4.01. The molecule has 0 bridgehead atoms. The van der Waals surface area contributed by atoms with Gasteiger partial charge >= 0.3 is 0 Å². The van der Waals surface area contributed by atoms with Crippen LogP contribution in [0.25, 0.3) is 0 Å². The Kier molecular flexibility index (Phi) is 3.58. The molecule has 1 aliphatic heterocycles. The first-order valence-electron chi connectivity index (χ1n) is 5.45. The van der Waals surface area contributed by atoms with Crippen LogP contribution in [-0.2, 0) is 10.0 Å². The standard InChI is InChI=1S/C10H15N3O3S/c1-17(14,15)13-7-4-9(5-8-13)16-10-3-2-6-11-12-10/h2-3,6,9H,4-5,7-8H2,1H3. The molecule has 1 fully saturated rings. The first-order valence-corrected chi connectivity index (χ1v) is 7.30. The van der Waals surface area contributed by atoms with Crippen molar-refractivity contribution in [2.75, 3.05) is 19.3 Å². The highest BCUT2D eigenvalue weighted by atomic mass is 32.2. The number of nitrogens with zero attached hydrogens (tertiary/aromatic N) is 3. The molecule has 0 N–H and O–H groups in total. The summed E-state index contributed by atoms with van der Waals surface area (Å²) in [5, 5.41) is 7.56. The molecule has 0 atom stereocenters. The molecule has 6 nitrogen and oxygen atoms in total. The minimum Gasteiger partial charge on any atom is -0.473 e. The highest BCUT2D eigenvalue weighted by molar-refractivity contribution is 7.88. The fraction of sp³-hybridized carbons (Fsp3) is 0.600. The van der Waals surface area contributed by atoms with E-state index in [9.17, 15) is 8.42 Å². The Hall–Kier alpha value is -1.21. The predicted octanol–water partition coefficient (Wildman–Crippen LogP) is 0.279. The summed E-state index contributed by atoms with van der Waals surface area (Å²) < 4.78 is 29.7. The molecule has 94 valence electrons. The molecule has 0 aromatic carbocycles. The minimum absolute atomic E-state index is 0.0182. The van der Waals surface area contributed by atoms with Crippen molar-refractivity contribution < 1.29 is 13.2 Å². The third-order valence-electron chi connectivity index (χ3n) is 2.71. The van der Waals surface area contributed by atoms with Crippen molar-refractivity contribution >= 4 is 10.0 Å². The maximum atomic E-state index is 11.3. The molecule has 0 saturated carbocycles. The second kappa shape index (κ2) is 4.97. The van der Waals surface area contributed by atoms with Crippen LogP contribution in [0.15, 0.2) is 18.3 Å². The Labute approximate surface area is 101 Å². The van der Waals surface area contributed by atoms with Crippen molar-refractivity contribution in [2.24, 2.45) is 0 Å². The fourth-order valence-corrected chi connectivity index (χ4v) is 2.68. The average Bonchev–Trinajstić information content (AvgIpc) is 2.30. The van der Waals surface area contributed by atoms with Crippen LogP contribution in [0.5, 0.6) is 5.88 Å². The van der Waals surface area contributed by atoms with Crippen molar-refractivity contribution in [3.05, 3.63) is 18.3 Å². The minimum atomic E-state index is -3.07. The molecular weight excluding hydrogens is 242 g/mol. The molecular formula is C10H15N3O3S. The van der Waals surface area contributed by atoms with Crippen molar-refractivity contribution in [3.63, 3.8) is 0 Å². The molecule has 1 aromatic rings. The van der Waals surface area contributed by atoms with Gasteiger partial charge in [-0.2, -0.15) is 5.10 Å². The van der Waals surface area contributed by atoms with Gasteiger partial charge in [-0.3, -0.25) is 0 Å². The summed E-state index contributed by atoms with van der Waals surface area (Å²) in [5.41, 5.74) is 0. The van der Waals surface area contributed by atoms with Crippen LogP contribution >= 0.6 is 0 Å². The van der Waals surface area contributed by atoms with Crippen molar-refractivity contribution in [3.8, 4) is 5.88 Å². The molecule has 0 amide bonds. The van der Waals surface area contributed by atoms with Crippen LogP contribution < -0.4 is 4.74 Å². The number of hydrogen-bond donors (Lipinski definition) is 0. The molecule has 0 spiro atoms. The summed E-state index contributed by atoms with van der Waals surface area (Å²) in [4.78, 5) is 0. The zero-order valence-electron chi connectivity index (χ0n) is 9.61. The van der Waals surface area contributed by atoms with Crippen LogP contribution in [0, 0.1) is 0 Å². The maximum Gasteiger partial charge on any atom is 0.233 e. The van der Waals surface area contributed by atoms with Crippen molar-refractivity contribution in [1.29, 1.82) is 0 Å². The molecule has 0 unspecified atom stereocenters. The van der Waals surface area contributed by atoms with Gasteiger partial charge in [0, 0.05) is 25.4 Å². The van der Waals surface area contributed by atoms with E-state index in [4.69, 9.17) is 4.74 Å². The lowest BCUT2D eigenvalue weighted by Crippen LogP contribution is -2.41. The summed E-state index contributed by atoms with van der Waals surface area (Å²) in [6.45, 7) is 1.01. The van der Waals surface area contributed by atoms with Gasteiger partial charge in [-0.25, -0.2) is 12.7 Å². The highest BCUT2D eigenvalue weighted by Crippen LogP contribution is 2.17. The van der Waals surface area contributed by atoms with E-state index in [1.54, 1.807) is 18.3 Å². The SMILES string of the molecule is CS(=O)(=O)N1CCC(Oc2cccnn2)CC1. The Morgan fingerprint density at radius 3 is 2.65 bits per heavy atom. The number of piperidine rings is 1. The van der Waals surface area contributed by atoms with Gasteiger partial charge in [-0.1, -0.05) is 0 Å². The molecule has 0 aliphatic carbocycles. The molecule has 1 aromatic heterocycles. The number of rotatable bonds is 3. The molecule has 1 saturated heterocycles. The summed E-state index contributed by atoms with van der Waals surface area (Å²) in [6.07, 6.45) is 4.20. The molecule has 2 rings (SSSR count). The summed E-state index contributed by atoms with van der Waals surface area (Å²) in [5.74, 6) is 0.491. The zero-order valence-corrected chi connectivity index (χ0v) is 10.4. The van der Waals surface area contributed by atoms with E-state index >= 15 is 0 Å². The number of ether oxygens (including phenoxy) is 1. The van der Waals surface area contributed by atoms with Gasteiger partial charge in [0.05, 0.1) is 6.26 Å². The highest BCUT2D eigenvalue weighted by Gasteiger charge is 2.25. The van der Waals surface area contributed by atoms with Crippen LogP contribution in [0.1, 0.15) is 12.8 Å². The lowest BCUT2D eigenvalue weighted by molar-refractivity contribution is 0.129. The van der Waals surface area contributed by atoms with Gasteiger partial charge in [0.15, 0.2) is 0 Å². The van der Waals surface area contributed by atoms with Gasteiger partial charge in [0.1, 0.15) is 6.10 Å². The van der Waals surface area contributed by atoms with E-state index in [-0.39, 0.29) is 6.10 Å². The largest absolute Gasteiger partial charge is 0.473 e. The van der Waals surface area contributed by atoms with Crippen LogP contribution in [-0.4, -0.2) is 48.4 Å². The molecule has 0 radical (unpaired) electrons. The number of hydrogen-bond acceptors (Lipinski definition) is 5. The van der Waals surface area contributed by atoms with E-state index in [0.717, 1.165) is 0 Å². The second-order valence-corrected chi connectivity index (χ2v) is 6.02. The Morgan fingerprint density at radius 2 is 2.12 bits per heavy atom. The maximum absolute atomic E-state index is 11.3. The molecule has 7 heteroatoms. The van der Waals surface area contributed by atoms with E-state index in [1.165, 1.54) is 10.6 Å². The normalized spacial score (nSPS) is 19.1. The molecule has 2 heterocycles. The summed E-state index contributed by atoms with van der Waals surface area (Å²) in [7, 11) is -3.07. The zero-order chi connectivity index (χ0) is 12.3. The quantitative estimate of drug-likeness (QED) is 0.777. The van der Waals surface area contributed by atoms with E-state index < -0.39 is 10.0 Å². The number of sulfonamides is 1. The van der Waals surface area contributed by atoms with E-state index in [2.05, 4.69) is 10.2 Å². The Morgan fingerprint density at radius 1 is 1.41 bits per heavy atom. The topological polar surface area (TPSA) is 72.4 Å².